The van der Waals surface area contributed by atoms with Crippen LogP contribution < -0.4 is 11.4 Å². The van der Waals surface area contributed by atoms with Gasteiger partial charge in [-0.1, -0.05) is 6.92 Å². The Morgan fingerprint density at radius 3 is 2.88 bits per heavy atom. The van der Waals surface area contributed by atoms with Crippen molar-refractivity contribution in [3.8, 4) is 0 Å². The molecule has 2 heterocycles. The van der Waals surface area contributed by atoms with Crippen LogP contribution in [0.15, 0.2) is 27.6 Å². The quantitative estimate of drug-likeness (QED) is 0.768. The molecule has 1 aromatic rings. The van der Waals surface area contributed by atoms with Crippen LogP contribution in [0.25, 0.3) is 0 Å². The van der Waals surface area contributed by atoms with Crippen LogP contribution in [0, 0.1) is 5.92 Å². The first-order valence-electron chi connectivity index (χ1n) is 5.71. The smallest absolute Gasteiger partial charge is 0.335 e. The highest BCUT2D eigenvalue weighted by Crippen LogP contribution is 2.17. The predicted molar refractivity (Wildman–Crippen MR) is 62.6 cm³/mol. The van der Waals surface area contributed by atoms with Crippen molar-refractivity contribution in [2.45, 2.75) is 19.4 Å². The normalized spacial score (nSPS) is 24.7. The molecule has 0 aromatic carbocycles. The Hall–Kier alpha value is -1.62. The minimum absolute atomic E-state index is 0.0171. The van der Waals surface area contributed by atoms with Crippen LogP contribution >= 0.6 is 0 Å². The third kappa shape index (κ3) is 2.55. The molecule has 5 heteroatoms. The standard InChI is InChI=1S/C12H16N2O3/c1-8-4-5-14(6-10(8)13)12(16)9-2-3-11(15)17-7-9/h2-3,7-8,10H,4-6,13H2,1H3. The minimum atomic E-state index is -0.453. The second-order valence-corrected chi connectivity index (χ2v) is 4.52. The van der Waals surface area contributed by atoms with Gasteiger partial charge >= 0.3 is 5.63 Å². The number of rotatable bonds is 1. The fourth-order valence-corrected chi connectivity index (χ4v) is 1.95. The second-order valence-electron chi connectivity index (χ2n) is 4.52. The van der Waals surface area contributed by atoms with Crippen molar-refractivity contribution < 1.29 is 9.21 Å². The van der Waals surface area contributed by atoms with Crippen molar-refractivity contribution in [3.05, 3.63) is 34.4 Å². The monoisotopic (exact) mass is 236 g/mol. The molecule has 1 saturated heterocycles. The number of carbonyl (C=O) groups excluding carboxylic acids is 1. The van der Waals surface area contributed by atoms with Gasteiger partial charge in [0.2, 0.25) is 0 Å². The largest absolute Gasteiger partial charge is 0.430 e. The molecule has 1 aliphatic rings. The van der Waals surface area contributed by atoms with Gasteiger partial charge in [0.25, 0.3) is 5.91 Å². The maximum Gasteiger partial charge on any atom is 0.335 e. The lowest BCUT2D eigenvalue weighted by Crippen LogP contribution is -2.49. The molecule has 2 atom stereocenters. The lowest BCUT2D eigenvalue weighted by Gasteiger charge is -2.34. The molecule has 0 aliphatic carbocycles. The van der Waals surface area contributed by atoms with E-state index in [2.05, 4.69) is 11.3 Å². The van der Waals surface area contributed by atoms with Gasteiger partial charge in [0.1, 0.15) is 6.26 Å². The van der Waals surface area contributed by atoms with Crippen molar-refractivity contribution in [3.63, 3.8) is 0 Å². The van der Waals surface area contributed by atoms with Gasteiger partial charge in [0, 0.05) is 25.2 Å². The molecule has 92 valence electrons. The van der Waals surface area contributed by atoms with Crippen molar-refractivity contribution >= 4 is 5.91 Å². The van der Waals surface area contributed by atoms with Crippen molar-refractivity contribution in [1.82, 2.24) is 4.90 Å². The average molecular weight is 236 g/mol. The summed E-state index contributed by atoms with van der Waals surface area (Å²) in [6.07, 6.45) is 2.11. The van der Waals surface area contributed by atoms with Crippen LogP contribution in [-0.4, -0.2) is 29.9 Å². The molecule has 1 amide bonds. The molecule has 0 radical (unpaired) electrons. The number of hydrogen-bond acceptors (Lipinski definition) is 4. The van der Waals surface area contributed by atoms with E-state index in [1.807, 2.05) is 0 Å². The number of amides is 1. The molecular weight excluding hydrogens is 220 g/mol. The average Bonchev–Trinajstić information content (AvgIpc) is 2.33. The van der Waals surface area contributed by atoms with E-state index >= 15 is 0 Å². The fourth-order valence-electron chi connectivity index (χ4n) is 1.95. The van der Waals surface area contributed by atoms with Gasteiger partial charge in [-0.15, -0.1) is 0 Å². The zero-order valence-electron chi connectivity index (χ0n) is 9.76. The number of nitrogens with two attached hydrogens (primary N) is 1. The first kappa shape index (κ1) is 11.9. The Kier molecular flexibility index (Phi) is 3.28. The topological polar surface area (TPSA) is 76.5 Å². The second kappa shape index (κ2) is 4.71. The molecule has 17 heavy (non-hydrogen) atoms. The van der Waals surface area contributed by atoms with Crippen molar-refractivity contribution in [2.24, 2.45) is 11.7 Å². The van der Waals surface area contributed by atoms with E-state index in [0.29, 0.717) is 24.6 Å². The van der Waals surface area contributed by atoms with Gasteiger partial charge in [0.05, 0.1) is 5.56 Å². The summed E-state index contributed by atoms with van der Waals surface area (Å²) < 4.78 is 4.68. The van der Waals surface area contributed by atoms with Crippen molar-refractivity contribution in [2.75, 3.05) is 13.1 Å². The lowest BCUT2D eigenvalue weighted by molar-refractivity contribution is 0.0669. The lowest BCUT2D eigenvalue weighted by atomic mass is 9.94. The molecule has 2 unspecified atom stereocenters. The van der Waals surface area contributed by atoms with E-state index in [1.54, 1.807) is 4.90 Å². The van der Waals surface area contributed by atoms with Gasteiger partial charge in [-0.05, 0) is 18.4 Å². The van der Waals surface area contributed by atoms with Gasteiger partial charge in [-0.25, -0.2) is 4.79 Å². The van der Waals surface area contributed by atoms with E-state index in [4.69, 9.17) is 5.73 Å². The SMILES string of the molecule is CC1CCN(C(=O)c2ccc(=O)oc2)CC1N. The van der Waals surface area contributed by atoms with Gasteiger partial charge in [-0.2, -0.15) is 0 Å². The first-order chi connectivity index (χ1) is 8.08. The minimum Gasteiger partial charge on any atom is -0.430 e. The number of carbonyl (C=O) groups is 1. The van der Waals surface area contributed by atoms with E-state index in [-0.39, 0.29) is 11.9 Å². The van der Waals surface area contributed by atoms with E-state index < -0.39 is 5.63 Å². The van der Waals surface area contributed by atoms with Crippen LogP contribution in [-0.2, 0) is 0 Å². The molecular formula is C12H16N2O3. The highest BCUT2D eigenvalue weighted by atomic mass is 16.4. The Labute approximate surface area is 99.2 Å². The van der Waals surface area contributed by atoms with Gasteiger partial charge in [-0.3, -0.25) is 4.79 Å². The fraction of sp³-hybridized carbons (Fsp3) is 0.500. The maximum absolute atomic E-state index is 12.1. The van der Waals surface area contributed by atoms with E-state index in [1.165, 1.54) is 18.4 Å². The van der Waals surface area contributed by atoms with Crippen LogP contribution in [0.5, 0.6) is 0 Å². The highest BCUT2D eigenvalue weighted by Gasteiger charge is 2.27. The van der Waals surface area contributed by atoms with E-state index in [9.17, 15) is 9.59 Å². The van der Waals surface area contributed by atoms with Crippen LogP contribution in [0.4, 0.5) is 0 Å². The molecule has 2 rings (SSSR count). The number of piperidine rings is 1. The van der Waals surface area contributed by atoms with Gasteiger partial charge < -0.3 is 15.1 Å². The summed E-state index contributed by atoms with van der Waals surface area (Å²) in [6.45, 7) is 3.35. The Balaban J connectivity index is 2.10. The van der Waals surface area contributed by atoms with E-state index in [0.717, 1.165) is 6.42 Å². The third-order valence-corrected chi connectivity index (χ3v) is 3.25. The number of hydrogen-bond donors (Lipinski definition) is 1. The summed E-state index contributed by atoms with van der Waals surface area (Å²) >= 11 is 0. The Morgan fingerprint density at radius 2 is 2.29 bits per heavy atom. The van der Waals surface area contributed by atoms with Gasteiger partial charge in [0.15, 0.2) is 0 Å². The Morgan fingerprint density at radius 1 is 1.53 bits per heavy atom. The summed E-state index contributed by atoms with van der Waals surface area (Å²) in [5.41, 5.74) is 5.88. The van der Waals surface area contributed by atoms with Crippen LogP contribution in [0.1, 0.15) is 23.7 Å². The summed E-state index contributed by atoms with van der Waals surface area (Å²) in [7, 11) is 0. The highest BCUT2D eigenvalue weighted by molar-refractivity contribution is 5.93. The third-order valence-electron chi connectivity index (χ3n) is 3.25. The molecule has 5 nitrogen and oxygen atoms in total. The number of likely N-dealkylation sites (tertiary alicyclic amines) is 1. The maximum atomic E-state index is 12.1. The first-order valence-corrected chi connectivity index (χ1v) is 5.71. The summed E-state index contributed by atoms with van der Waals surface area (Å²) in [6, 6.07) is 2.75. The molecule has 0 saturated carbocycles. The molecule has 1 aromatic heterocycles. The van der Waals surface area contributed by atoms with Crippen LogP contribution in [0.3, 0.4) is 0 Å². The molecule has 0 bridgehead atoms. The summed E-state index contributed by atoms with van der Waals surface area (Å²) in [5, 5.41) is 0. The summed E-state index contributed by atoms with van der Waals surface area (Å²) in [4.78, 5) is 24.6. The zero-order chi connectivity index (χ0) is 12.4. The molecule has 2 N–H and O–H groups in total. The molecule has 0 spiro atoms. The number of nitrogens with zero attached hydrogens (tertiary/aromatic N) is 1. The van der Waals surface area contributed by atoms with Crippen LogP contribution in [0.2, 0.25) is 0 Å². The summed E-state index contributed by atoms with van der Waals surface area (Å²) in [5.74, 6) is 0.309. The molecule has 1 fully saturated rings. The molecule has 1 aliphatic heterocycles. The zero-order valence-corrected chi connectivity index (χ0v) is 9.76. The Bertz CT molecular complexity index is 449. The predicted octanol–water partition coefficient (Wildman–Crippen LogP) is 0.449. The van der Waals surface area contributed by atoms with Crippen molar-refractivity contribution in [1.29, 1.82) is 0 Å².